The molecule has 4 rings (SSSR count). The second-order valence-electron chi connectivity index (χ2n) is 10.7. The summed E-state index contributed by atoms with van der Waals surface area (Å²) in [5.74, 6) is 0.0344. The number of alkyl halides is 3. The number of ether oxygens (including phenoxy) is 2. The second-order valence-corrected chi connectivity index (χ2v) is 11.6. The van der Waals surface area contributed by atoms with Crippen molar-refractivity contribution in [3.8, 4) is 5.88 Å². The van der Waals surface area contributed by atoms with E-state index in [-0.39, 0.29) is 29.7 Å². The standard InChI is InChI=1S/C27H31F3N6O4S/c1-16-23(20(41-35-16)10-19-11-31-13-21(33-19)27(28,29)30)24(37)34-18-7-8-22(32-12-18)39-15-17-6-5-9-36(14-17)25(38)40-26(2,3)4/h7-8,11-13,17H,5-6,9-10,14-15H2,1-4H3,(H,34,37). The van der Waals surface area contributed by atoms with Gasteiger partial charge in [0.15, 0.2) is 5.69 Å². The van der Waals surface area contributed by atoms with E-state index in [1.165, 1.54) is 12.4 Å². The Labute approximate surface area is 239 Å². The number of nitrogens with one attached hydrogen (secondary N) is 1. The Morgan fingerprint density at radius 1 is 1.17 bits per heavy atom. The van der Waals surface area contributed by atoms with E-state index in [4.69, 9.17) is 9.47 Å². The number of pyridine rings is 1. The smallest absolute Gasteiger partial charge is 0.434 e. The number of anilines is 1. The Hall–Kier alpha value is -3.81. The van der Waals surface area contributed by atoms with Crippen molar-refractivity contribution in [2.75, 3.05) is 25.0 Å². The monoisotopic (exact) mass is 592 g/mol. The summed E-state index contributed by atoms with van der Waals surface area (Å²) >= 11 is 1.02. The van der Waals surface area contributed by atoms with Crippen molar-refractivity contribution in [1.29, 1.82) is 0 Å². The summed E-state index contributed by atoms with van der Waals surface area (Å²) in [5.41, 5.74) is -0.456. The van der Waals surface area contributed by atoms with Crippen molar-refractivity contribution in [3.63, 3.8) is 0 Å². The Kier molecular flexibility index (Phi) is 9.10. The van der Waals surface area contributed by atoms with E-state index in [1.54, 1.807) is 24.0 Å². The molecule has 1 fully saturated rings. The number of piperidine rings is 1. The molecule has 1 aliphatic heterocycles. The lowest BCUT2D eigenvalue weighted by Gasteiger charge is -2.33. The quantitative estimate of drug-likeness (QED) is 0.381. The number of carbonyl (C=O) groups is 2. The van der Waals surface area contributed by atoms with E-state index in [9.17, 15) is 22.8 Å². The van der Waals surface area contributed by atoms with E-state index in [2.05, 4.69) is 24.6 Å². The fourth-order valence-electron chi connectivity index (χ4n) is 4.25. The van der Waals surface area contributed by atoms with Gasteiger partial charge in [-0.3, -0.25) is 9.78 Å². The SMILES string of the molecule is Cc1nsc(Cc2cncc(C(F)(F)F)n2)c1C(=O)Nc1ccc(OCC2CCCN(C(=O)OC(C)(C)C)C2)nc1. The third-order valence-electron chi connectivity index (χ3n) is 6.11. The first-order chi connectivity index (χ1) is 19.3. The Morgan fingerprint density at radius 2 is 1.95 bits per heavy atom. The largest absolute Gasteiger partial charge is 0.477 e. The molecule has 0 bridgehead atoms. The Bertz CT molecular complexity index is 1370. The summed E-state index contributed by atoms with van der Waals surface area (Å²) in [6.45, 7) is 8.70. The molecule has 1 saturated heterocycles. The number of rotatable bonds is 7. The zero-order chi connectivity index (χ0) is 29.8. The highest BCUT2D eigenvalue weighted by Crippen LogP contribution is 2.28. The molecule has 0 aliphatic carbocycles. The number of aryl methyl sites for hydroxylation is 1. The van der Waals surface area contributed by atoms with Crippen LogP contribution in [0, 0.1) is 12.8 Å². The summed E-state index contributed by atoms with van der Waals surface area (Å²) in [5, 5.41) is 2.75. The number of carbonyl (C=O) groups excluding carboxylic acids is 2. The van der Waals surface area contributed by atoms with Gasteiger partial charge in [-0.2, -0.15) is 17.5 Å². The first kappa shape index (κ1) is 30.2. The van der Waals surface area contributed by atoms with Crippen molar-refractivity contribution < 1.29 is 32.2 Å². The number of nitrogens with zero attached hydrogens (tertiary/aromatic N) is 5. The lowest BCUT2D eigenvalue weighted by atomic mass is 9.99. The van der Waals surface area contributed by atoms with Gasteiger partial charge in [-0.25, -0.2) is 14.8 Å². The van der Waals surface area contributed by atoms with Crippen LogP contribution in [0.5, 0.6) is 5.88 Å². The van der Waals surface area contributed by atoms with Gasteiger partial charge < -0.3 is 19.7 Å². The molecule has 3 aromatic heterocycles. The predicted molar refractivity (Wildman–Crippen MR) is 145 cm³/mol. The molecule has 3 aromatic rings. The van der Waals surface area contributed by atoms with Crippen LogP contribution in [0.25, 0.3) is 0 Å². The first-order valence-electron chi connectivity index (χ1n) is 13.0. The van der Waals surface area contributed by atoms with Crippen LogP contribution in [0.2, 0.25) is 0 Å². The predicted octanol–water partition coefficient (Wildman–Crippen LogP) is 5.52. The number of aromatic nitrogens is 4. The molecule has 41 heavy (non-hydrogen) atoms. The normalized spacial score (nSPS) is 15.9. The number of hydrogen-bond donors (Lipinski definition) is 1. The molecule has 1 aliphatic rings. The van der Waals surface area contributed by atoms with Crippen molar-refractivity contribution in [2.24, 2.45) is 5.92 Å². The molecule has 1 atom stereocenters. The summed E-state index contributed by atoms with van der Waals surface area (Å²) in [4.78, 5) is 39.1. The molecule has 10 nitrogen and oxygen atoms in total. The second kappa shape index (κ2) is 12.4. The minimum Gasteiger partial charge on any atom is -0.477 e. The Morgan fingerprint density at radius 3 is 2.63 bits per heavy atom. The molecule has 0 aromatic carbocycles. The van der Waals surface area contributed by atoms with Gasteiger partial charge in [0.1, 0.15) is 5.60 Å². The van der Waals surface area contributed by atoms with Crippen LogP contribution in [0.15, 0.2) is 30.7 Å². The highest BCUT2D eigenvalue weighted by molar-refractivity contribution is 7.06. The topological polar surface area (TPSA) is 119 Å². The van der Waals surface area contributed by atoms with Gasteiger partial charge in [-0.05, 0) is 58.1 Å². The fraction of sp³-hybridized carbons (Fsp3) is 0.481. The first-order valence-corrected chi connectivity index (χ1v) is 13.8. The van der Waals surface area contributed by atoms with Crippen molar-refractivity contribution in [3.05, 3.63) is 58.2 Å². The zero-order valence-corrected chi connectivity index (χ0v) is 23.9. The van der Waals surface area contributed by atoms with Crippen LogP contribution in [0.1, 0.15) is 65.9 Å². The average Bonchev–Trinajstić information content (AvgIpc) is 3.27. The van der Waals surface area contributed by atoms with Crippen LogP contribution in [0.4, 0.5) is 23.7 Å². The van der Waals surface area contributed by atoms with Crippen LogP contribution >= 0.6 is 11.5 Å². The maximum atomic E-state index is 13.1. The van der Waals surface area contributed by atoms with Crippen molar-refractivity contribution >= 4 is 29.2 Å². The van der Waals surface area contributed by atoms with E-state index in [0.29, 0.717) is 48.0 Å². The molecule has 4 heterocycles. The molecule has 220 valence electrons. The van der Waals surface area contributed by atoms with Gasteiger partial charge in [-0.1, -0.05) is 0 Å². The highest BCUT2D eigenvalue weighted by atomic mass is 32.1. The summed E-state index contributed by atoms with van der Waals surface area (Å²) in [7, 11) is 0. The van der Waals surface area contributed by atoms with Crippen LogP contribution < -0.4 is 10.1 Å². The Balaban J connectivity index is 1.33. The summed E-state index contributed by atoms with van der Waals surface area (Å²) in [6.07, 6.45) is 0.132. The van der Waals surface area contributed by atoms with Gasteiger partial charge in [0.25, 0.3) is 5.91 Å². The molecule has 14 heteroatoms. The number of halogens is 3. The van der Waals surface area contributed by atoms with E-state index in [1.807, 2.05) is 20.8 Å². The molecular formula is C27H31F3N6O4S. The summed E-state index contributed by atoms with van der Waals surface area (Å²) < 4.78 is 54.6. The van der Waals surface area contributed by atoms with Crippen molar-refractivity contribution in [1.82, 2.24) is 24.2 Å². The molecule has 1 N–H and O–H groups in total. The van der Waals surface area contributed by atoms with E-state index in [0.717, 1.165) is 24.4 Å². The lowest BCUT2D eigenvalue weighted by Crippen LogP contribution is -2.44. The summed E-state index contributed by atoms with van der Waals surface area (Å²) in [6, 6.07) is 3.27. The number of amides is 2. The molecule has 0 spiro atoms. The van der Waals surface area contributed by atoms with Crippen LogP contribution in [-0.4, -0.2) is 61.5 Å². The fourth-order valence-corrected chi connectivity index (χ4v) is 5.13. The molecule has 0 saturated carbocycles. The minimum absolute atomic E-state index is 0.0251. The van der Waals surface area contributed by atoms with Crippen LogP contribution in [0.3, 0.4) is 0 Å². The molecule has 1 unspecified atom stereocenters. The van der Waals surface area contributed by atoms with Gasteiger partial charge in [0, 0.05) is 42.6 Å². The molecule has 2 amide bonds. The minimum atomic E-state index is -4.62. The zero-order valence-electron chi connectivity index (χ0n) is 23.1. The molecule has 0 radical (unpaired) electrons. The van der Waals surface area contributed by atoms with Crippen molar-refractivity contribution in [2.45, 2.75) is 58.7 Å². The maximum Gasteiger partial charge on any atom is 0.434 e. The molecular weight excluding hydrogens is 561 g/mol. The number of likely N-dealkylation sites (tertiary alicyclic amines) is 1. The van der Waals surface area contributed by atoms with Gasteiger partial charge in [0.05, 0.1) is 41.6 Å². The van der Waals surface area contributed by atoms with Crippen LogP contribution in [-0.2, 0) is 17.3 Å². The third kappa shape index (κ3) is 8.35. The number of hydrogen-bond acceptors (Lipinski definition) is 9. The van der Waals surface area contributed by atoms with Gasteiger partial charge in [-0.15, -0.1) is 0 Å². The lowest BCUT2D eigenvalue weighted by molar-refractivity contribution is -0.141. The maximum absolute atomic E-state index is 13.1. The third-order valence-corrected chi connectivity index (χ3v) is 7.04. The van der Waals surface area contributed by atoms with Gasteiger partial charge >= 0.3 is 12.3 Å². The van der Waals surface area contributed by atoms with E-state index < -0.39 is 23.4 Å². The van der Waals surface area contributed by atoms with Gasteiger partial charge in [0.2, 0.25) is 5.88 Å². The highest BCUT2D eigenvalue weighted by Gasteiger charge is 2.33. The average molecular weight is 593 g/mol. The van der Waals surface area contributed by atoms with E-state index >= 15 is 0 Å².